The van der Waals surface area contributed by atoms with Crippen LogP contribution in [0.4, 0.5) is 0 Å². The van der Waals surface area contributed by atoms with Crippen LogP contribution in [-0.4, -0.2) is 6.21 Å². The monoisotopic (exact) mass is 151 g/mol. The Kier molecular flexibility index (Phi) is 3.34. The summed E-state index contributed by atoms with van der Waals surface area (Å²) in [6.07, 6.45) is 9.87. The molecular formula is C10H17N. The van der Waals surface area contributed by atoms with Gasteiger partial charge in [0.15, 0.2) is 0 Å². The summed E-state index contributed by atoms with van der Waals surface area (Å²) in [6, 6.07) is 0. The third-order valence-electron chi connectivity index (χ3n) is 2.48. The van der Waals surface area contributed by atoms with E-state index >= 15 is 0 Å². The van der Waals surface area contributed by atoms with Crippen LogP contribution in [0.3, 0.4) is 0 Å². The van der Waals surface area contributed by atoms with Crippen molar-refractivity contribution in [3.63, 3.8) is 0 Å². The fraction of sp³-hybridized carbons (Fsp3) is 0.700. The van der Waals surface area contributed by atoms with Crippen LogP contribution in [0.15, 0.2) is 17.3 Å². The smallest absolute Gasteiger partial charge is 0.0226 e. The molecule has 0 aliphatic carbocycles. The Morgan fingerprint density at radius 3 is 3.09 bits per heavy atom. The Balaban J connectivity index is 2.57. The van der Waals surface area contributed by atoms with E-state index < -0.39 is 0 Å². The highest BCUT2D eigenvalue weighted by molar-refractivity contribution is 5.58. The van der Waals surface area contributed by atoms with Crippen molar-refractivity contribution in [2.45, 2.75) is 33.1 Å². The van der Waals surface area contributed by atoms with E-state index in [0.717, 1.165) is 18.3 Å². The predicted molar refractivity (Wildman–Crippen MR) is 49.8 cm³/mol. The summed E-state index contributed by atoms with van der Waals surface area (Å²) in [5.41, 5.74) is 0. The molecule has 0 bridgehead atoms. The van der Waals surface area contributed by atoms with Gasteiger partial charge >= 0.3 is 0 Å². The average Bonchev–Trinajstić information content (AvgIpc) is 1.98. The van der Waals surface area contributed by atoms with Gasteiger partial charge in [-0.2, -0.15) is 0 Å². The first-order valence-corrected chi connectivity index (χ1v) is 4.53. The van der Waals surface area contributed by atoms with Gasteiger partial charge in [0, 0.05) is 12.4 Å². The van der Waals surface area contributed by atoms with Crippen molar-refractivity contribution in [1.82, 2.24) is 0 Å². The molecule has 0 saturated carbocycles. The predicted octanol–water partition coefficient (Wildman–Crippen LogP) is 3.03. The second kappa shape index (κ2) is 4.32. The van der Waals surface area contributed by atoms with Crippen molar-refractivity contribution in [2.24, 2.45) is 16.8 Å². The molecule has 0 aromatic heterocycles. The molecule has 1 nitrogen and oxygen atoms in total. The van der Waals surface area contributed by atoms with Crippen LogP contribution in [-0.2, 0) is 0 Å². The molecule has 1 rings (SSSR count). The van der Waals surface area contributed by atoms with E-state index in [1.165, 1.54) is 12.8 Å². The first-order chi connectivity index (χ1) is 5.34. The summed E-state index contributed by atoms with van der Waals surface area (Å²) in [5, 5.41) is 0. The van der Waals surface area contributed by atoms with Crippen LogP contribution in [0, 0.1) is 11.8 Å². The molecule has 62 valence electrons. The van der Waals surface area contributed by atoms with Gasteiger partial charge in [0.05, 0.1) is 0 Å². The second-order valence-electron chi connectivity index (χ2n) is 3.30. The molecule has 1 heteroatoms. The molecule has 0 aromatic carbocycles. The molecule has 1 heterocycles. The standard InChI is InChI=1S/C10H17N/c1-3-10-6-8-11-7-4-5-9(10)2/h6-10H,3-5H2,1-2H3/b8-6-,11-7?. The minimum atomic E-state index is 0.743. The summed E-state index contributed by atoms with van der Waals surface area (Å²) >= 11 is 0. The second-order valence-corrected chi connectivity index (χ2v) is 3.30. The van der Waals surface area contributed by atoms with Crippen molar-refractivity contribution in [3.8, 4) is 0 Å². The largest absolute Gasteiger partial charge is 0.269 e. The first kappa shape index (κ1) is 8.51. The van der Waals surface area contributed by atoms with Crippen molar-refractivity contribution in [3.05, 3.63) is 12.3 Å². The molecule has 0 saturated heterocycles. The Labute approximate surface area is 69.2 Å². The van der Waals surface area contributed by atoms with E-state index in [0.29, 0.717) is 0 Å². The molecule has 2 unspecified atom stereocenters. The Bertz CT molecular complexity index is 158. The SMILES string of the molecule is CCC1/C=C\N=CCCC1C. The summed E-state index contributed by atoms with van der Waals surface area (Å²) in [5.74, 6) is 1.57. The van der Waals surface area contributed by atoms with Gasteiger partial charge in [0.2, 0.25) is 0 Å². The van der Waals surface area contributed by atoms with Crippen LogP contribution in [0.5, 0.6) is 0 Å². The zero-order valence-corrected chi connectivity index (χ0v) is 7.46. The molecule has 0 radical (unpaired) electrons. The fourth-order valence-electron chi connectivity index (χ4n) is 1.58. The van der Waals surface area contributed by atoms with E-state index in [-0.39, 0.29) is 0 Å². The maximum absolute atomic E-state index is 4.16. The van der Waals surface area contributed by atoms with Crippen LogP contribution >= 0.6 is 0 Å². The number of rotatable bonds is 1. The van der Waals surface area contributed by atoms with Gasteiger partial charge in [-0.3, -0.25) is 4.99 Å². The van der Waals surface area contributed by atoms with Crippen LogP contribution < -0.4 is 0 Å². The van der Waals surface area contributed by atoms with Crippen LogP contribution in [0.1, 0.15) is 33.1 Å². The van der Waals surface area contributed by atoms with Crippen molar-refractivity contribution in [1.29, 1.82) is 0 Å². The first-order valence-electron chi connectivity index (χ1n) is 4.53. The molecule has 2 atom stereocenters. The number of nitrogens with zero attached hydrogens (tertiary/aromatic N) is 1. The Morgan fingerprint density at radius 1 is 1.55 bits per heavy atom. The summed E-state index contributed by atoms with van der Waals surface area (Å²) in [6.45, 7) is 4.58. The van der Waals surface area contributed by atoms with Gasteiger partial charge in [-0.15, -0.1) is 0 Å². The van der Waals surface area contributed by atoms with E-state index in [1.807, 2.05) is 12.4 Å². The van der Waals surface area contributed by atoms with E-state index in [9.17, 15) is 0 Å². The quantitative estimate of drug-likeness (QED) is 0.546. The summed E-state index contributed by atoms with van der Waals surface area (Å²) < 4.78 is 0. The lowest BCUT2D eigenvalue weighted by molar-refractivity contribution is 0.397. The van der Waals surface area contributed by atoms with Gasteiger partial charge in [-0.05, 0) is 31.1 Å². The lowest BCUT2D eigenvalue weighted by atomic mass is 9.88. The van der Waals surface area contributed by atoms with Crippen LogP contribution in [0.2, 0.25) is 0 Å². The molecule has 0 spiro atoms. The highest BCUT2D eigenvalue weighted by Crippen LogP contribution is 2.22. The summed E-state index contributed by atoms with van der Waals surface area (Å²) in [7, 11) is 0. The maximum atomic E-state index is 4.16. The molecule has 0 N–H and O–H groups in total. The Hall–Kier alpha value is -0.590. The summed E-state index contributed by atoms with van der Waals surface area (Å²) in [4.78, 5) is 4.16. The highest BCUT2D eigenvalue weighted by Gasteiger charge is 2.11. The van der Waals surface area contributed by atoms with Crippen molar-refractivity contribution < 1.29 is 0 Å². The van der Waals surface area contributed by atoms with Crippen molar-refractivity contribution >= 4 is 6.21 Å². The van der Waals surface area contributed by atoms with Gasteiger partial charge in [-0.25, -0.2) is 0 Å². The number of hydrogen-bond donors (Lipinski definition) is 0. The molecule has 11 heavy (non-hydrogen) atoms. The molecule has 1 aliphatic heterocycles. The molecular weight excluding hydrogens is 134 g/mol. The lowest BCUT2D eigenvalue weighted by Gasteiger charge is -2.19. The third-order valence-corrected chi connectivity index (χ3v) is 2.48. The zero-order valence-electron chi connectivity index (χ0n) is 7.46. The molecule has 0 fully saturated rings. The average molecular weight is 151 g/mol. The van der Waals surface area contributed by atoms with Gasteiger partial charge < -0.3 is 0 Å². The minimum Gasteiger partial charge on any atom is -0.269 e. The number of hydrogen-bond acceptors (Lipinski definition) is 1. The number of allylic oxidation sites excluding steroid dienone is 1. The van der Waals surface area contributed by atoms with Crippen molar-refractivity contribution in [2.75, 3.05) is 0 Å². The molecule has 0 aromatic rings. The van der Waals surface area contributed by atoms with Gasteiger partial charge in [0.1, 0.15) is 0 Å². The lowest BCUT2D eigenvalue weighted by Crippen LogP contribution is -2.09. The Morgan fingerprint density at radius 2 is 2.36 bits per heavy atom. The fourth-order valence-corrected chi connectivity index (χ4v) is 1.58. The van der Waals surface area contributed by atoms with E-state index in [4.69, 9.17) is 0 Å². The van der Waals surface area contributed by atoms with E-state index in [2.05, 4.69) is 24.9 Å². The zero-order chi connectivity index (χ0) is 8.10. The molecule has 0 amide bonds. The number of aliphatic imine (C=N–C) groups is 1. The topological polar surface area (TPSA) is 12.4 Å². The minimum absolute atomic E-state index is 0.743. The third kappa shape index (κ3) is 2.49. The molecule has 1 aliphatic rings. The maximum Gasteiger partial charge on any atom is 0.0226 e. The van der Waals surface area contributed by atoms with Crippen LogP contribution in [0.25, 0.3) is 0 Å². The highest BCUT2D eigenvalue weighted by atomic mass is 14.7. The van der Waals surface area contributed by atoms with Gasteiger partial charge in [0.25, 0.3) is 0 Å². The normalized spacial score (nSPS) is 34.4. The van der Waals surface area contributed by atoms with E-state index in [1.54, 1.807) is 0 Å². The van der Waals surface area contributed by atoms with Gasteiger partial charge in [-0.1, -0.05) is 19.9 Å².